The second kappa shape index (κ2) is 3.31. The summed E-state index contributed by atoms with van der Waals surface area (Å²) in [5, 5.41) is 6.72. The van der Waals surface area contributed by atoms with Gasteiger partial charge in [0.15, 0.2) is 0 Å². The molecule has 0 radical (unpaired) electrons. The van der Waals surface area contributed by atoms with Crippen LogP contribution in [-0.4, -0.2) is 10.2 Å². The highest BCUT2D eigenvalue weighted by molar-refractivity contribution is 7.71. The lowest BCUT2D eigenvalue weighted by Gasteiger charge is -1.96. The van der Waals surface area contributed by atoms with E-state index in [-0.39, 0.29) is 0 Å². The number of benzene rings is 1. The Morgan fingerprint density at radius 1 is 1.27 bits per heavy atom. The third-order valence-electron chi connectivity index (χ3n) is 2.79. The Labute approximate surface area is 92.1 Å². The smallest absolute Gasteiger partial charge is 0.284 e. The highest BCUT2D eigenvalue weighted by atomic mass is 32.1. The maximum Gasteiger partial charge on any atom is 0.284 e. The first-order valence-corrected chi connectivity index (χ1v) is 5.36. The summed E-state index contributed by atoms with van der Waals surface area (Å²) in [5.74, 6) is 1.70. The van der Waals surface area contributed by atoms with Gasteiger partial charge in [0.1, 0.15) is 0 Å². The molecule has 2 atom stereocenters. The molecule has 2 unspecified atom stereocenters. The molecule has 0 spiro atoms. The molecule has 1 N–H and O–H groups in total. The topological polar surface area (TPSA) is 41.8 Å². The van der Waals surface area contributed by atoms with Gasteiger partial charge in [-0.1, -0.05) is 30.3 Å². The number of hydrogen-bond acceptors (Lipinski definition) is 3. The molecule has 1 aromatic heterocycles. The number of aromatic amines is 1. The minimum atomic E-state index is 0.365. The fourth-order valence-electron chi connectivity index (χ4n) is 1.94. The molecule has 3 rings (SSSR count). The van der Waals surface area contributed by atoms with Gasteiger partial charge in [-0.25, -0.2) is 5.10 Å². The van der Waals surface area contributed by atoms with Crippen LogP contribution in [0.4, 0.5) is 0 Å². The van der Waals surface area contributed by atoms with E-state index < -0.39 is 0 Å². The van der Waals surface area contributed by atoms with Gasteiger partial charge in [0.2, 0.25) is 5.89 Å². The first kappa shape index (κ1) is 8.85. The summed E-state index contributed by atoms with van der Waals surface area (Å²) in [7, 11) is 0. The predicted octanol–water partition coefficient (Wildman–Crippen LogP) is 3.00. The fourth-order valence-corrected chi connectivity index (χ4v) is 2.07. The number of nitrogens with zero attached hydrogens (tertiary/aromatic N) is 1. The van der Waals surface area contributed by atoms with Gasteiger partial charge >= 0.3 is 0 Å². The first-order valence-electron chi connectivity index (χ1n) is 4.95. The average molecular weight is 218 g/mol. The van der Waals surface area contributed by atoms with Crippen molar-refractivity contribution >= 4 is 12.2 Å². The third-order valence-corrected chi connectivity index (χ3v) is 2.96. The van der Waals surface area contributed by atoms with E-state index in [1.54, 1.807) is 0 Å². The lowest BCUT2D eigenvalue weighted by molar-refractivity contribution is 0.480. The Balaban J connectivity index is 1.83. The van der Waals surface area contributed by atoms with Gasteiger partial charge in [0.05, 0.1) is 0 Å². The zero-order valence-electron chi connectivity index (χ0n) is 8.01. The summed E-state index contributed by atoms with van der Waals surface area (Å²) in [6, 6.07) is 10.4. The molecular weight excluding hydrogens is 208 g/mol. The van der Waals surface area contributed by atoms with E-state index in [4.69, 9.17) is 16.6 Å². The monoisotopic (exact) mass is 218 g/mol. The summed E-state index contributed by atoms with van der Waals surface area (Å²) >= 11 is 4.85. The third kappa shape index (κ3) is 1.61. The van der Waals surface area contributed by atoms with Crippen molar-refractivity contribution in [1.82, 2.24) is 10.2 Å². The quantitative estimate of drug-likeness (QED) is 0.788. The van der Waals surface area contributed by atoms with E-state index in [9.17, 15) is 0 Å². The minimum Gasteiger partial charge on any atom is -0.414 e. The molecule has 1 aliphatic carbocycles. The molecule has 1 heterocycles. The van der Waals surface area contributed by atoms with E-state index in [0.29, 0.717) is 16.7 Å². The zero-order chi connectivity index (χ0) is 10.3. The lowest BCUT2D eigenvalue weighted by atomic mass is 10.1. The predicted molar refractivity (Wildman–Crippen MR) is 58.2 cm³/mol. The highest BCUT2D eigenvalue weighted by Gasteiger charge is 2.43. The largest absolute Gasteiger partial charge is 0.414 e. The van der Waals surface area contributed by atoms with Crippen LogP contribution in [-0.2, 0) is 0 Å². The molecule has 0 aliphatic heterocycles. The van der Waals surface area contributed by atoms with E-state index >= 15 is 0 Å². The highest BCUT2D eigenvalue weighted by Crippen LogP contribution is 2.53. The Hall–Kier alpha value is -1.42. The van der Waals surface area contributed by atoms with Crippen molar-refractivity contribution < 1.29 is 4.42 Å². The Kier molecular flexibility index (Phi) is 1.95. The van der Waals surface area contributed by atoms with Crippen molar-refractivity contribution in [3.8, 4) is 0 Å². The molecule has 3 nitrogen and oxygen atoms in total. The summed E-state index contributed by atoms with van der Waals surface area (Å²) < 4.78 is 5.31. The van der Waals surface area contributed by atoms with Crippen LogP contribution in [0.3, 0.4) is 0 Å². The summed E-state index contributed by atoms with van der Waals surface area (Å²) in [4.78, 5) is 0.365. The molecule has 0 bridgehead atoms. The molecule has 1 saturated carbocycles. The lowest BCUT2D eigenvalue weighted by Crippen LogP contribution is -1.84. The molecule has 4 heteroatoms. The zero-order valence-corrected chi connectivity index (χ0v) is 8.83. The standard InChI is InChI=1S/C11H10N2OS/c15-11-13-12-10(14-11)9-6-8(9)7-4-2-1-3-5-7/h1-5,8-9H,6H2,(H,13,15). The number of H-pyrrole nitrogens is 1. The van der Waals surface area contributed by atoms with Gasteiger partial charge in [0.25, 0.3) is 4.84 Å². The van der Waals surface area contributed by atoms with Crippen molar-refractivity contribution in [2.45, 2.75) is 18.3 Å². The van der Waals surface area contributed by atoms with Crippen molar-refractivity contribution in [2.24, 2.45) is 0 Å². The van der Waals surface area contributed by atoms with E-state index in [2.05, 4.69) is 34.5 Å². The maximum atomic E-state index is 5.31. The number of aromatic nitrogens is 2. The molecule has 1 aromatic carbocycles. The van der Waals surface area contributed by atoms with Gasteiger partial charge in [-0.3, -0.25) is 0 Å². The molecule has 1 aliphatic rings. The molecule has 0 saturated heterocycles. The normalized spacial score (nSPS) is 24.0. The SMILES string of the molecule is S=c1[nH]nc(C2CC2c2ccccc2)o1. The van der Waals surface area contributed by atoms with Gasteiger partial charge in [-0.05, 0) is 30.1 Å². The molecule has 76 valence electrons. The average Bonchev–Trinajstić information content (AvgIpc) is 2.96. The van der Waals surface area contributed by atoms with Crippen molar-refractivity contribution in [1.29, 1.82) is 0 Å². The van der Waals surface area contributed by atoms with Crippen molar-refractivity contribution in [3.05, 3.63) is 46.6 Å². The van der Waals surface area contributed by atoms with Crippen molar-refractivity contribution in [3.63, 3.8) is 0 Å². The van der Waals surface area contributed by atoms with E-state index in [1.165, 1.54) is 5.56 Å². The fraction of sp³-hybridized carbons (Fsp3) is 0.273. The van der Waals surface area contributed by atoms with Gasteiger partial charge in [-0.15, -0.1) is 5.10 Å². The summed E-state index contributed by atoms with van der Waals surface area (Å²) in [6.45, 7) is 0. The molecule has 0 amide bonds. The van der Waals surface area contributed by atoms with E-state index in [0.717, 1.165) is 12.3 Å². The van der Waals surface area contributed by atoms with Crippen LogP contribution in [0, 0.1) is 4.84 Å². The molecular formula is C11H10N2OS. The van der Waals surface area contributed by atoms with Crippen LogP contribution in [0.1, 0.15) is 29.7 Å². The number of nitrogens with one attached hydrogen (secondary N) is 1. The second-order valence-corrected chi connectivity index (χ2v) is 4.18. The molecule has 2 aromatic rings. The first-order chi connectivity index (χ1) is 7.34. The summed E-state index contributed by atoms with van der Waals surface area (Å²) in [5.41, 5.74) is 1.35. The molecule has 1 fully saturated rings. The number of hydrogen-bond donors (Lipinski definition) is 1. The van der Waals surface area contributed by atoms with Crippen LogP contribution < -0.4 is 0 Å². The van der Waals surface area contributed by atoms with Gasteiger partial charge in [0, 0.05) is 5.92 Å². The van der Waals surface area contributed by atoms with Crippen LogP contribution in [0.15, 0.2) is 34.7 Å². The second-order valence-electron chi connectivity index (χ2n) is 3.81. The van der Waals surface area contributed by atoms with Crippen LogP contribution >= 0.6 is 12.2 Å². The van der Waals surface area contributed by atoms with Gasteiger partial charge < -0.3 is 4.42 Å². The summed E-state index contributed by atoms with van der Waals surface area (Å²) in [6.07, 6.45) is 1.10. The maximum absolute atomic E-state index is 5.31. The van der Waals surface area contributed by atoms with Crippen LogP contribution in [0.2, 0.25) is 0 Å². The van der Waals surface area contributed by atoms with Crippen molar-refractivity contribution in [2.75, 3.05) is 0 Å². The minimum absolute atomic E-state index is 0.365. The van der Waals surface area contributed by atoms with E-state index in [1.807, 2.05) is 6.07 Å². The van der Waals surface area contributed by atoms with Crippen LogP contribution in [0.5, 0.6) is 0 Å². The Bertz CT molecular complexity index is 517. The Morgan fingerprint density at radius 3 is 2.73 bits per heavy atom. The Morgan fingerprint density at radius 2 is 2.07 bits per heavy atom. The molecule has 15 heavy (non-hydrogen) atoms. The van der Waals surface area contributed by atoms with Crippen LogP contribution in [0.25, 0.3) is 0 Å². The van der Waals surface area contributed by atoms with Gasteiger partial charge in [-0.2, -0.15) is 0 Å². The number of rotatable bonds is 2.